The van der Waals surface area contributed by atoms with E-state index in [2.05, 4.69) is 14.9 Å². The van der Waals surface area contributed by atoms with E-state index in [0.29, 0.717) is 22.5 Å². The number of benzene rings is 2. The van der Waals surface area contributed by atoms with Crippen LogP contribution < -0.4 is 4.90 Å². The Morgan fingerprint density at radius 3 is 2.64 bits per heavy atom. The number of nitrogens with one attached hydrogen (secondary N) is 1. The lowest BCUT2D eigenvalue weighted by molar-refractivity contribution is -0.382. The highest BCUT2D eigenvalue weighted by Gasteiger charge is 2.28. The first kappa shape index (κ1) is 16.7. The summed E-state index contributed by atoms with van der Waals surface area (Å²) in [5, 5.41) is 12.4. The van der Waals surface area contributed by atoms with Crippen molar-refractivity contribution in [3.05, 3.63) is 70.7 Å². The van der Waals surface area contributed by atoms with Gasteiger partial charge >= 0.3 is 5.69 Å². The second-order valence-corrected chi connectivity index (χ2v) is 7.16. The number of imidazole rings is 1. The summed E-state index contributed by atoms with van der Waals surface area (Å²) in [5.41, 5.74) is 3.51. The number of hydrogen-bond donors (Lipinski definition) is 1. The molecule has 4 aromatic rings. The number of nitro benzene ring substituents is 1. The number of aromatic amines is 1. The van der Waals surface area contributed by atoms with Crippen molar-refractivity contribution >= 4 is 33.3 Å². The Morgan fingerprint density at radius 2 is 1.86 bits per heavy atom. The van der Waals surface area contributed by atoms with Gasteiger partial charge in [0, 0.05) is 25.2 Å². The van der Waals surface area contributed by atoms with Crippen LogP contribution in [0.5, 0.6) is 0 Å². The van der Waals surface area contributed by atoms with Crippen molar-refractivity contribution in [3.8, 4) is 0 Å². The minimum absolute atomic E-state index is 0.146. The summed E-state index contributed by atoms with van der Waals surface area (Å²) in [6.07, 6.45) is 3.47. The zero-order valence-corrected chi connectivity index (χ0v) is 15.2. The fraction of sp³-hybridized carbons (Fsp3) is 0.238. The molecule has 2 aromatic heterocycles. The van der Waals surface area contributed by atoms with Crippen LogP contribution in [0.15, 0.2) is 54.7 Å². The van der Waals surface area contributed by atoms with Gasteiger partial charge < -0.3 is 9.88 Å². The Hall–Kier alpha value is -3.48. The number of H-pyrrole nitrogens is 1. The first-order chi connectivity index (χ1) is 13.7. The Labute approximate surface area is 161 Å². The zero-order valence-electron chi connectivity index (χ0n) is 15.2. The number of rotatable bonds is 3. The molecule has 28 heavy (non-hydrogen) atoms. The summed E-state index contributed by atoms with van der Waals surface area (Å²) in [6.45, 7) is 1.52. The van der Waals surface area contributed by atoms with Gasteiger partial charge in [-0.3, -0.25) is 15.1 Å². The largest absolute Gasteiger partial charge is 0.366 e. The third-order valence-corrected chi connectivity index (χ3v) is 5.55. The van der Waals surface area contributed by atoms with Crippen LogP contribution in [0.2, 0.25) is 0 Å². The van der Waals surface area contributed by atoms with Gasteiger partial charge in [-0.15, -0.1) is 0 Å². The van der Waals surface area contributed by atoms with Crippen LogP contribution in [-0.2, 0) is 0 Å². The molecule has 1 aliphatic rings. The van der Waals surface area contributed by atoms with E-state index >= 15 is 0 Å². The Morgan fingerprint density at radius 1 is 1.04 bits per heavy atom. The fourth-order valence-electron chi connectivity index (χ4n) is 4.13. The monoisotopic (exact) mass is 373 g/mol. The van der Waals surface area contributed by atoms with Crippen molar-refractivity contribution in [1.82, 2.24) is 15.0 Å². The van der Waals surface area contributed by atoms with Crippen molar-refractivity contribution in [1.29, 1.82) is 0 Å². The number of fused-ring (bicyclic) bond motifs is 2. The van der Waals surface area contributed by atoms with Gasteiger partial charge in [0.2, 0.25) is 0 Å². The molecule has 1 saturated heterocycles. The van der Waals surface area contributed by atoms with Gasteiger partial charge in [-0.25, -0.2) is 4.98 Å². The molecule has 0 spiro atoms. The van der Waals surface area contributed by atoms with Crippen molar-refractivity contribution in [2.24, 2.45) is 0 Å². The highest BCUT2D eigenvalue weighted by atomic mass is 16.6. The molecule has 0 amide bonds. The SMILES string of the molecule is O=[N+]([O-])c1c(N2CCC(c3nc4ccccc4[nH]3)CC2)ccc2ncccc12. The maximum absolute atomic E-state index is 11.8. The van der Waals surface area contributed by atoms with Crippen LogP contribution in [0.1, 0.15) is 24.6 Å². The number of para-hydroxylation sites is 2. The second kappa shape index (κ2) is 6.60. The predicted octanol–water partition coefficient (Wildman–Crippen LogP) is 4.40. The highest BCUT2D eigenvalue weighted by Crippen LogP contribution is 2.38. The molecule has 7 nitrogen and oxygen atoms in total. The van der Waals surface area contributed by atoms with E-state index in [1.807, 2.05) is 36.4 Å². The maximum atomic E-state index is 11.8. The number of hydrogen-bond acceptors (Lipinski definition) is 5. The first-order valence-electron chi connectivity index (χ1n) is 9.42. The van der Waals surface area contributed by atoms with E-state index in [9.17, 15) is 10.1 Å². The summed E-state index contributed by atoms with van der Waals surface area (Å²) in [4.78, 5) is 26.0. The molecule has 0 unspecified atom stereocenters. The number of aromatic nitrogens is 3. The number of nitrogens with zero attached hydrogens (tertiary/aromatic N) is 4. The average molecular weight is 373 g/mol. The molecular formula is C21H19N5O2. The van der Waals surface area contributed by atoms with Gasteiger partial charge in [0.1, 0.15) is 11.5 Å². The maximum Gasteiger partial charge on any atom is 0.301 e. The Balaban J connectivity index is 1.42. The second-order valence-electron chi connectivity index (χ2n) is 7.16. The molecule has 3 heterocycles. The van der Waals surface area contributed by atoms with Crippen LogP contribution in [0.3, 0.4) is 0 Å². The zero-order chi connectivity index (χ0) is 19.1. The summed E-state index contributed by atoms with van der Waals surface area (Å²) >= 11 is 0. The molecule has 0 radical (unpaired) electrons. The lowest BCUT2D eigenvalue weighted by Gasteiger charge is -2.32. The van der Waals surface area contributed by atoms with Crippen LogP contribution in [0, 0.1) is 10.1 Å². The van der Waals surface area contributed by atoms with Gasteiger partial charge in [0.15, 0.2) is 0 Å². The summed E-state index contributed by atoms with van der Waals surface area (Å²) in [7, 11) is 0. The molecule has 1 aliphatic heterocycles. The van der Waals surface area contributed by atoms with Crippen molar-refractivity contribution in [2.45, 2.75) is 18.8 Å². The normalized spacial score (nSPS) is 15.4. The molecule has 0 aliphatic carbocycles. The third-order valence-electron chi connectivity index (χ3n) is 5.55. The summed E-state index contributed by atoms with van der Waals surface area (Å²) in [5.74, 6) is 1.35. The van der Waals surface area contributed by atoms with Gasteiger partial charge in [0.05, 0.1) is 26.9 Å². The molecule has 5 rings (SSSR count). The van der Waals surface area contributed by atoms with E-state index in [1.54, 1.807) is 18.3 Å². The molecule has 140 valence electrons. The average Bonchev–Trinajstić information content (AvgIpc) is 3.17. The molecule has 0 bridgehead atoms. The van der Waals surface area contributed by atoms with E-state index in [-0.39, 0.29) is 10.6 Å². The van der Waals surface area contributed by atoms with Gasteiger partial charge in [-0.2, -0.15) is 0 Å². The number of anilines is 1. The topological polar surface area (TPSA) is 88.0 Å². The van der Waals surface area contributed by atoms with Crippen molar-refractivity contribution in [3.63, 3.8) is 0 Å². The molecule has 0 atom stereocenters. The van der Waals surface area contributed by atoms with E-state index < -0.39 is 0 Å². The molecule has 1 N–H and O–H groups in total. The number of pyridine rings is 1. The first-order valence-corrected chi connectivity index (χ1v) is 9.42. The molecule has 0 saturated carbocycles. The van der Waals surface area contributed by atoms with Crippen LogP contribution >= 0.6 is 0 Å². The third kappa shape index (κ3) is 2.76. The minimum Gasteiger partial charge on any atom is -0.366 e. The lowest BCUT2D eigenvalue weighted by atomic mass is 9.95. The Bertz CT molecular complexity index is 1140. The predicted molar refractivity (Wildman–Crippen MR) is 109 cm³/mol. The van der Waals surface area contributed by atoms with Crippen LogP contribution in [-0.4, -0.2) is 33.0 Å². The molecule has 7 heteroatoms. The lowest BCUT2D eigenvalue weighted by Crippen LogP contribution is -2.33. The van der Waals surface area contributed by atoms with Crippen LogP contribution in [0.4, 0.5) is 11.4 Å². The smallest absolute Gasteiger partial charge is 0.301 e. The molecule has 2 aromatic carbocycles. The standard InChI is InChI=1S/C21H19N5O2/c27-26(28)20-15-4-3-11-22-16(15)7-8-19(20)25-12-9-14(10-13-25)21-23-17-5-1-2-6-18(17)24-21/h1-8,11,14H,9-10,12-13H2,(H,23,24). The van der Waals surface area contributed by atoms with E-state index in [1.165, 1.54) is 0 Å². The fourth-order valence-corrected chi connectivity index (χ4v) is 4.13. The number of piperidine rings is 1. The quantitative estimate of drug-likeness (QED) is 0.425. The van der Waals surface area contributed by atoms with Gasteiger partial charge in [-0.1, -0.05) is 12.1 Å². The molecule has 1 fully saturated rings. The van der Waals surface area contributed by atoms with E-state index in [0.717, 1.165) is 42.8 Å². The Kier molecular flexibility index (Phi) is 3.93. The summed E-state index contributed by atoms with van der Waals surface area (Å²) < 4.78 is 0. The number of nitro groups is 1. The van der Waals surface area contributed by atoms with Crippen molar-refractivity contribution in [2.75, 3.05) is 18.0 Å². The summed E-state index contributed by atoms with van der Waals surface area (Å²) in [6, 6.07) is 15.2. The highest BCUT2D eigenvalue weighted by molar-refractivity contribution is 5.94. The molecular weight excluding hydrogens is 354 g/mol. The minimum atomic E-state index is -0.287. The van der Waals surface area contributed by atoms with Gasteiger partial charge in [0.25, 0.3) is 0 Å². The van der Waals surface area contributed by atoms with Gasteiger partial charge in [-0.05, 0) is 49.2 Å². The van der Waals surface area contributed by atoms with Crippen molar-refractivity contribution < 1.29 is 4.92 Å². The van der Waals surface area contributed by atoms with E-state index in [4.69, 9.17) is 4.98 Å². The van der Waals surface area contributed by atoms with Crippen LogP contribution in [0.25, 0.3) is 21.9 Å².